The molecular weight excluding hydrogens is 272 g/mol. The number of morpholine rings is 1. The van der Waals surface area contributed by atoms with Gasteiger partial charge in [-0.05, 0) is 26.0 Å². The lowest BCUT2D eigenvalue weighted by Crippen LogP contribution is -2.59. The van der Waals surface area contributed by atoms with E-state index in [1.807, 2.05) is 6.07 Å². The number of hydrogen-bond acceptors (Lipinski definition) is 5. The van der Waals surface area contributed by atoms with Crippen molar-refractivity contribution in [2.24, 2.45) is 5.73 Å². The van der Waals surface area contributed by atoms with Gasteiger partial charge in [0.15, 0.2) is 11.5 Å². The SMILES string of the molecule is COc1ccc(N2CC(CN)OC(C)(C)C2=O)cc1OC. The summed E-state index contributed by atoms with van der Waals surface area (Å²) in [5, 5.41) is 0. The quantitative estimate of drug-likeness (QED) is 0.902. The number of nitrogens with two attached hydrogens (primary N) is 1. The fourth-order valence-corrected chi connectivity index (χ4v) is 2.45. The fraction of sp³-hybridized carbons (Fsp3) is 0.533. The van der Waals surface area contributed by atoms with Crippen molar-refractivity contribution in [3.8, 4) is 11.5 Å². The fourth-order valence-electron chi connectivity index (χ4n) is 2.45. The van der Waals surface area contributed by atoms with Crippen LogP contribution in [0.25, 0.3) is 0 Å². The van der Waals surface area contributed by atoms with Crippen molar-refractivity contribution in [3.63, 3.8) is 0 Å². The molecule has 6 nitrogen and oxygen atoms in total. The molecule has 116 valence electrons. The minimum atomic E-state index is -0.893. The van der Waals surface area contributed by atoms with Gasteiger partial charge in [-0.2, -0.15) is 0 Å². The normalized spacial score (nSPS) is 21.3. The zero-order chi connectivity index (χ0) is 15.6. The summed E-state index contributed by atoms with van der Waals surface area (Å²) in [5.41, 5.74) is 5.55. The summed E-state index contributed by atoms with van der Waals surface area (Å²) < 4.78 is 16.2. The maximum Gasteiger partial charge on any atom is 0.258 e. The first-order chi connectivity index (χ1) is 9.92. The first kappa shape index (κ1) is 15.6. The predicted molar refractivity (Wildman–Crippen MR) is 79.9 cm³/mol. The highest BCUT2D eigenvalue weighted by atomic mass is 16.5. The number of rotatable bonds is 4. The summed E-state index contributed by atoms with van der Waals surface area (Å²) in [5.74, 6) is 1.10. The van der Waals surface area contributed by atoms with Crippen LogP contribution in [0.3, 0.4) is 0 Å². The molecule has 0 saturated carbocycles. The molecule has 0 bridgehead atoms. The Kier molecular flexibility index (Phi) is 4.39. The van der Waals surface area contributed by atoms with E-state index >= 15 is 0 Å². The van der Waals surface area contributed by atoms with Gasteiger partial charge in [0.25, 0.3) is 5.91 Å². The zero-order valence-electron chi connectivity index (χ0n) is 12.9. The second-order valence-electron chi connectivity index (χ2n) is 5.44. The number of nitrogens with zero attached hydrogens (tertiary/aromatic N) is 1. The van der Waals surface area contributed by atoms with Crippen LogP contribution >= 0.6 is 0 Å². The molecule has 1 aliphatic rings. The van der Waals surface area contributed by atoms with Gasteiger partial charge in [0.2, 0.25) is 0 Å². The molecule has 1 unspecified atom stereocenters. The molecule has 0 radical (unpaired) electrons. The van der Waals surface area contributed by atoms with Gasteiger partial charge >= 0.3 is 0 Å². The maximum atomic E-state index is 12.6. The van der Waals surface area contributed by atoms with Crippen molar-refractivity contribution in [2.45, 2.75) is 25.6 Å². The Balaban J connectivity index is 2.37. The van der Waals surface area contributed by atoms with Crippen molar-refractivity contribution >= 4 is 11.6 Å². The predicted octanol–water partition coefficient (Wildman–Crippen LogP) is 1.17. The van der Waals surface area contributed by atoms with Gasteiger partial charge in [0, 0.05) is 18.3 Å². The summed E-state index contributed by atoms with van der Waals surface area (Å²) in [6.45, 7) is 4.30. The number of hydrogen-bond donors (Lipinski definition) is 1. The van der Waals surface area contributed by atoms with Crippen LogP contribution in [0.2, 0.25) is 0 Å². The summed E-state index contributed by atoms with van der Waals surface area (Å²) in [4.78, 5) is 14.2. The second-order valence-corrected chi connectivity index (χ2v) is 5.44. The average molecular weight is 294 g/mol. The van der Waals surface area contributed by atoms with Crippen LogP contribution in [0.15, 0.2) is 18.2 Å². The second kappa shape index (κ2) is 5.91. The largest absolute Gasteiger partial charge is 0.493 e. The molecule has 1 fully saturated rings. The Labute approximate surface area is 124 Å². The van der Waals surface area contributed by atoms with Crippen LogP contribution in [0.1, 0.15) is 13.8 Å². The molecule has 0 aromatic heterocycles. The van der Waals surface area contributed by atoms with Gasteiger partial charge in [0.05, 0.1) is 26.9 Å². The van der Waals surface area contributed by atoms with Crippen molar-refractivity contribution in [1.82, 2.24) is 0 Å². The highest BCUT2D eigenvalue weighted by molar-refractivity contribution is 6.00. The van der Waals surface area contributed by atoms with Crippen LogP contribution in [0.4, 0.5) is 5.69 Å². The van der Waals surface area contributed by atoms with Crippen LogP contribution in [0, 0.1) is 0 Å². The van der Waals surface area contributed by atoms with Gasteiger partial charge in [-0.3, -0.25) is 4.79 Å². The molecule has 0 spiro atoms. The maximum absolute atomic E-state index is 12.6. The van der Waals surface area contributed by atoms with Gasteiger partial charge < -0.3 is 24.8 Å². The average Bonchev–Trinajstić information content (AvgIpc) is 2.49. The molecule has 1 heterocycles. The van der Waals surface area contributed by atoms with Gasteiger partial charge in [-0.1, -0.05) is 0 Å². The third-order valence-corrected chi connectivity index (χ3v) is 3.55. The number of methoxy groups -OCH3 is 2. The molecule has 1 aromatic rings. The Morgan fingerprint density at radius 3 is 2.57 bits per heavy atom. The first-order valence-electron chi connectivity index (χ1n) is 6.84. The number of ether oxygens (including phenoxy) is 3. The Hall–Kier alpha value is -1.79. The molecule has 1 aromatic carbocycles. The van der Waals surface area contributed by atoms with E-state index in [4.69, 9.17) is 19.9 Å². The molecule has 0 aliphatic carbocycles. The van der Waals surface area contributed by atoms with E-state index in [1.54, 1.807) is 45.1 Å². The van der Waals surface area contributed by atoms with E-state index in [1.165, 1.54) is 0 Å². The molecule has 1 atom stereocenters. The van der Waals surface area contributed by atoms with E-state index in [0.29, 0.717) is 24.6 Å². The molecule has 6 heteroatoms. The molecule has 1 saturated heterocycles. The Morgan fingerprint density at radius 1 is 1.33 bits per heavy atom. The van der Waals surface area contributed by atoms with Crippen molar-refractivity contribution in [1.29, 1.82) is 0 Å². The first-order valence-corrected chi connectivity index (χ1v) is 6.84. The standard InChI is InChI=1S/C15H22N2O4/c1-15(2)14(18)17(9-11(8-16)21-15)10-5-6-12(19-3)13(7-10)20-4/h5-7,11H,8-9,16H2,1-4H3. The van der Waals surface area contributed by atoms with E-state index in [0.717, 1.165) is 5.69 Å². The van der Waals surface area contributed by atoms with E-state index < -0.39 is 5.60 Å². The summed E-state index contributed by atoms with van der Waals surface area (Å²) in [6, 6.07) is 5.39. The van der Waals surface area contributed by atoms with E-state index in [9.17, 15) is 4.79 Å². The minimum Gasteiger partial charge on any atom is -0.493 e. The molecular formula is C15H22N2O4. The summed E-state index contributed by atoms with van der Waals surface area (Å²) in [7, 11) is 3.14. The van der Waals surface area contributed by atoms with Gasteiger partial charge in [-0.15, -0.1) is 0 Å². The lowest BCUT2D eigenvalue weighted by molar-refractivity contribution is -0.153. The monoisotopic (exact) mass is 294 g/mol. The van der Waals surface area contributed by atoms with Crippen LogP contribution in [0.5, 0.6) is 11.5 Å². The van der Waals surface area contributed by atoms with Crippen LogP contribution in [-0.2, 0) is 9.53 Å². The molecule has 21 heavy (non-hydrogen) atoms. The highest BCUT2D eigenvalue weighted by Crippen LogP contribution is 2.34. The Morgan fingerprint density at radius 2 is 2.00 bits per heavy atom. The third-order valence-electron chi connectivity index (χ3n) is 3.55. The van der Waals surface area contributed by atoms with Crippen LogP contribution < -0.4 is 20.1 Å². The van der Waals surface area contributed by atoms with Crippen LogP contribution in [-0.4, -0.2) is 44.9 Å². The zero-order valence-corrected chi connectivity index (χ0v) is 12.9. The van der Waals surface area contributed by atoms with Crippen molar-refractivity contribution in [2.75, 3.05) is 32.2 Å². The van der Waals surface area contributed by atoms with Gasteiger partial charge in [0.1, 0.15) is 5.60 Å². The molecule has 1 aliphatic heterocycles. The number of anilines is 1. The summed E-state index contributed by atoms with van der Waals surface area (Å²) >= 11 is 0. The lowest BCUT2D eigenvalue weighted by Gasteiger charge is -2.41. The number of carbonyl (C=O) groups is 1. The minimum absolute atomic E-state index is 0.0978. The lowest BCUT2D eigenvalue weighted by atomic mass is 10.0. The smallest absolute Gasteiger partial charge is 0.258 e. The third kappa shape index (κ3) is 2.96. The van der Waals surface area contributed by atoms with Gasteiger partial charge in [-0.25, -0.2) is 0 Å². The van der Waals surface area contributed by atoms with Crippen molar-refractivity contribution < 1.29 is 19.0 Å². The number of amides is 1. The molecule has 1 amide bonds. The highest BCUT2D eigenvalue weighted by Gasteiger charge is 2.41. The van der Waals surface area contributed by atoms with E-state index in [-0.39, 0.29) is 12.0 Å². The summed E-state index contributed by atoms with van der Waals surface area (Å²) in [6.07, 6.45) is -0.189. The number of benzene rings is 1. The van der Waals surface area contributed by atoms with Crippen molar-refractivity contribution in [3.05, 3.63) is 18.2 Å². The topological polar surface area (TPSA) is 74.0 Å². The molecule has 2 rings (SSSR count). The Bertz CT molecular complexity index is 530. The van der Waals surface area contributed by atoms with E-state index in [2.05, 4.69) is 0 Å². The molecule has 2 N–H and O–H groups in total. The number of carbonyl (C=O) groups excluding carboxylic acids is 1.